The van der Waals surface area contributed by atoms with E-state index in [1.165, 1.54) is 19.9 Å². The first kappa shape index (κ1) is 13.5. The largest absolute Gasteiger partial charge is 0.422 e. The van der Waals surface area contributed by atoms with Crippen LogP contribution in [-0.2, 0) is 25.5 Å². The van der Waals surface area contributed by atoms with E-state index in [-0.39, 0.29) is 5.56 Å². The minimum atomic E-state index is -1.35. The summed E-state index contributed by atoms with van der Waals surface area (Å²) in [5.74, 6) is -6.01. The number of cyclic esters (lactones) is 2. The summed E-state index contributed by atoms with van der Waals surface area (Å²) in [6.07, 6.45) is -0.424. The normalized spacial score (nSPS) is 18.9. The maximum atomic E-state index is 13.5. The van der Waals surface area contributed by atoms with Gasteiger partial charge in [0, 0.05) is 25.8 Å². The molecule has 1 aliphatic heterocycles. The number of carbonyl (C=O) groups excluding carboxylic acids is 2. The van der Waals surface area contributed by atoms with E-state index in [1.54, 1.807) is 0 Å². The summed E-state index contributed by atoms with van der Waals surface area (Å²) in [7, 11) is 0. The summed E-state index contributed by atoms with van der Waals surface area (Å²) in [6, 6.07) is 3.32. The van der Waals surface area contributed by atoms with Crippen LogP contribution in [0.2, 0.25) is 0 Å². The number of esters is 2. The molecule has 0 N–H and O–H groups in total. The molecule has 0 aromatic heterocycles. The second-order valence-electron chi connectivity index (χ2n) is 4.70. The van der Waals surface area contributed by atoms with E-state index in [1.807, 2.05) is 0 Å². The Hall–Kier alpha value is -1.98. The fraction of sp³-hybridized carbons (Fsp3) is 0.385. The SMILES string of the molecule is CC1(C)OC(=O)C(Cc2c(F)cccc2F)C(=O)O1. The molecule has 4 nitrogen and oxygen atoms in total. The number of hydrogen-bond donors (Lipinski definition) is 0. The molecule has 1 aromatic carbocycles. The van der Waals surface area contributed by atoms with Gasteiger partial charge in [-0.05, 0) is 12.1 Å². The molecular weight excluding hydrogens is 258 g/mol. The van der Waals surface area contributed by atoms with Crippen LogP contribution in [0.5, 0.6) is 0 Å². The average molecular weight is 270 g/mol. The lowest BCUT2D eigenvalue weighted by atomic mass is 9.97. The molecule has 0 unspecified atom stereocenters. The first-order valence-corrected chi connectivity index (χ1v) is 5.69. The second kappa shape index (κ2) is 4.60. The summed E-state index contributed by atoms with van der Waals surface area (Å²) in [5, 5.41) is 0. The monoisotopic (exact) mass is 270 g/mol. The van der Waals surface area contributed by atoms with E-state index >= 15 is 0 Å². The fourth-order valence-electron chi connectivity index (χ4n) is 1.84. The van der Waals surface area contributed by atoms with Crippen molar-refractivity contribution in [3.8, 4) is 0 Å². The van der Waals surface area contributed by atoms with Crippen molar-refractivity contribution in [2.75, 3.05) is 0 Å². The van der Waals surface area contributed by atoms with Crippen molar-refractivity contribution >= 4 is 11.9 Å². The van der Waals surface area contributed by atoms with E-state index in [4.69, 9.17) is 9.47 Å². The third kappa shape index (κ3) is 2.72. The van der Waals surface area contributed by atoms with Crippen LogP contribution in [0.25, 0.3) is 0 Å². The van der Waals surface area contributed by atoms with E-state index in [9.17, 15) is 18.4 Å². The number of ether oxygens (including phenoxy) is 2. The molecule has 102 valence electrons. The highest BCUT2D eigenvalue weighted by atomic mass is 19.1. The van der Waals surface area contributed by atoms with Crippen LogP contribution < -0.4 is 0 Å². The summed E-state index contributed by atoms with van der Waals surface area (Å²) < 4.78 is 36.7. The van der Waals surface area contributed by atoms with Crippen LogP contribution in [-0.4, -0.2) is 17.7 Å². The highest BCUT2D eigenvalue weighted by Gasteiger charge is 2.43. The van der Waals surface area contributed by atoms with E-state index in [2.05, 4.69) is 0 Å². The Morgan fingerprint density at radius 1 is 1.11 bits per heavy atom. The van der Waals surface area contributed by atoms with Crippen molar-refractivity contribution in [3.63, 3.8) is 0 Å². The Balaban J connectivity index is 2.24. The fourth-order valence-corrected chi connectivity index (χ4v) is 1.84. The van der Waals surface area contributed by atoms with Crippen molar-refractivity contribution in [1.82, 2.24) is 0 Å². The van der Waals surface area contributed by atoms with Gasteiger partial charge in [-0.2, -0.15) is 0 Å². The minimum Gasteiger partial charge on any atom is -0.422 e. The number of hydrogen-bond acceptors (Lipinski definition) is 4. The topological polar surface area (TPSA) is 52.6 Å². The maximum Gasteiger partial charge on any atom is 0.323 e. The molecule has 0 amide bonds. The maximum absolute atomic E-state index is 13.5. The molecule has 1 aliphatic rings. The van der Waals surface area contributed by atoms with Gasteiger partial charge in [0.15, 0.2) is 5.92 Å². The van der Waals surface area contributed by atoms with Gasteiger partial charge in [-0.25, -0.2) is 8.78 Å². The highest BCUT2D eigenvalue weighted by Crippen LogP contribution is 2.27. The van der Waals surface area contributed by atoms with Crippen LogP contribution in [0.3, 0.4) is 0 Å². The molecular formula is C13H12F2O4. The smallest absolute Gasteiger partial charge is 0.323 e. The molecule has 0 atom stereocenters. The van der Waals surface area contributed by atoms with Gasteiger partial charge in [0.2, 0.25) is 0 Å². The number of carbonyl (C=O) groups is 2. The predicted molar refractivity (Wildman–Crippen MR) is 59.8 cm³/mol. The third-order valence-electron chi connectivity index (χ3n) is 2.73. The Kier molecular flexibility index (Phi) is 3.26. The van der Waals surface area contributed by atoms with Gasteiger partial charge in [-0.3, -0.25) is 9.59 Å². The lowest BCUT2D eigenvalue weighted by molar-refractivity contribution is -0.239. The predicted octanol–water partition coefficient (Wildman–Crippen LogP) is 1.96. The van der Waals surface area contributed by atoms with Gasteiger partial charge in [-0.15, -0.1) is 0 Å². The molecule has 0 saturated carbocycles. The quantitative estimate of drug-likeness (QED) is 0.609. The first-order valence-electron chi connectivity index (χ1n) is 5.69. The number of halogens is 2. The lowest BCUT2D eigenvalue weighted by Crippen LogP contribution is -2.47. The molecule has 6 heteroatoms. The summed E-state index contributed by atoms with van der Waals surface area (Å²) >= 11 is 0. The first-order chi connectivity index (χ1) is 8.80. The minimum absolute atomic E-state index is 0.332. The van der Waals surface area contributed by atoms with Crippen LogP contribution >= 0.6 is 0 Å². The highest BCUT2D eigenvalue weighted by molar-refractivity contribution is 5.96. The Labute approximate surface area is 108 Å². The van der Waals surface area contributed by atoms with Gasteiger partial charge in [0.25, 0.3) is 5.79 Å². The Morgan fingerprint density at radius 3 is 2.05 bits per heavy atom. The van der Waals surface area contributed by atoms with E-state index in [0.29, 0.717) is 0 Å². The number of rotatable bonds is 2. The van der Waals surface area contributed by atoms with Crippen molar-refractivity contribution in [3.05, 3.63) is 35.4 Å². The molecule has 1 heterocycles. The molecule has 0 bridgehead atoms. The second-order valence-corrected chi connectivity index (χ2v) is 4.70. The summed E-state index contributed by atoms with van der Waals surface area (Å²) in [5.41, 5.74) is -0.332. The zero-order valence-electron chi connectivity index (χ0n) is 10.4. The van der Waals surface area contributed by atoms with Crippen LogP contribution in [0.4, 0.5) is 8.78 Å². The zero-order valence-corrected chi connectivity index (χ0v) is 10.4. The summed E-state index contributed by atoms with van der Waals surface area (Å²) in [6.45, 7) is 2.81. The third-order valence-corrected chi connectivity index (χ3v) is 2.73. The van der Waals surface area contributed by atoms with Gasteiger partial charge >= 0.3 is 11.9 Å². The molecule has 0 aliphatic carbocycles. The van der Waals surface area contributed by atoms with Crippen molar-refractivity contribution in [1.29, 1.82) is 0 Å². The zero-order chi connectivity index (χ0) is 14.2. The van der Waals surface area contributed by atoms with E-state index in [0.717, 1.165) is 12.1 Å². The molecule has 0 spiro atoms. The number of benzene rings is 1. The Bertz CT molecular complexity index is 499. The van der Waals surface area contributed by atoms with E-state index < -0.39 is 41.7 Å². The molecule has 1 fully saturated rings. The molecule has 1 saturated heterocycles. The average Bonchev–Trinajstić information content (AvgIpc) is 2.25. The van der Waals surface area contributed by atoms with Crippen molar-refractivity contribution in [2.45, 2.75) is 26.1 Å². The molecule has 1 aromatic rings. The molecule has 19 heavy (non-hydrogen) atoms. The summed E-state index contributed by atoms with van der Waals surface area (Å²) in [4.78, 5) is 23.4. The standard InChI is InChI=1S/C13H12F2O4/c1-13(2)18-11(16)8(12(17)19-13)6-7-9(14)4-3-5-10(7)15/h3-5,8H,6H2,1-2H3. The lowest BCUT2D eigenvalue weighted by Gasteiger charge is -2.32. The molecule has 2 rings (SSSR count). The van der Waals surface area contributed by atoms with Crippen LogP contribution in [0, 0.1) is 17.6 Å². The van der Waals surface area contributed by atoms with Gasteiger partial charge in [0.05, 0.1) is 0 Å². The Morgan fingerprint density at radius 2 is 1.58 bits per heavy atom. The van der Waals surface area contributed by atoms with Crippen molar-refractivity contribution < 1.29 is 27.8 Å². The van der Waals surface area contributed by atoms with Crippen molar-refractivity contribution in [2.24, 2.45) is 5.92 Å². The van der Waals surface area contributed by atoms with Gasteiger partial charge in [-0.1, -0.05) is 6.07 Å². The van der Waals surface area contributed by atoms with Crippen LogP contribution in [0.1, 0.15) is 19.4 Å². The molecule has 0 radical (unpaired) electrons. The van der Waals surface area contributed by atoms with Gasteiger partial charge in [0.1, 0.15) is 11.6 Å². The van der Waals surface area contributed by atoms with Crippen LogP contribution in [0.15, 0.2) is 18.2 Å². The van der Waals surface area contributed by atoms with Gasteiger partial charge < -0.3 is 9.47 Å².